The molecule has 0 aromatic carbocycles. The molecule has 0 aliphatic carbocycles. The smallest absolute Gasteiger partial charge is 0.346 e. The Balaban J connectivity index is 3.14. The number of hydrogen-bond donors (Lipinski definition) is 3. The van der Waals surface area contributed by atoms with Gasteiger partial charge >= 0.3 is 5.97 Å². The number of carboxylic acid groups (broad SMARTS) is 1. The van der Waals surface area contributed by atoms with E-state index in [4.69, 9.17) is 10.2 Å². The summed E-state index contributed by atoms with van der Waals surface area (Å²) >= 11 is 0.694. The van der Waals surface area contributed by atoms with Crippen LogP contribution in [0.3, 0.4) is 0 Å². The topological polar surface area (TPSA) is 104 Å². The highest BCUT2D eigenvalue weighted by atomic mass is 32.2. The lowest BCUT2D eigenvalue weighted by molar-refractivity contribution is 0.0701. The first-order valence-corrected chi connectivity index (χ1v) is 7.37. The van der Waals surface area contributed by atoms with Gasteiger partial charge in [0.25, 0.3) is 10.0 Å². The Morgan fingerprint density at radius 2 is 2.06 bits per heavy atom. The molecular weight excluding hydrogens is 278 g/mol. The maximum absolute atomic E-state index is 12.0. The van der Waals surface area contributed by atoms with Crippen LogP contribution in [0.1, 0.15) is 29.1 Å². The standard InChI is InChI=1S/C10H15NO5S2/c1-6-4-7(17-8(6)9(13)14)18(15,16)11-10(2,3)5-12/h4,11-12H,5H2,1-3H3,(H,13,14). The molecule has 3 N–H and O–H groups in total. The van der Waals surface area contributed by atoms with Gasteiger partial charge in [-0.15, -0.1) is 11.3 Å². The van der Waals surface area contributed by atoms with E-state index in [1.807, 2.05) is 0 Å². The van der Waals surface area contributed by atoms with Crippen molar-refractivity contribution in [3.05, 3.63) is 16.5 Å². The second-order valence-electron chi connectivity index (χ2n) is 4.53. The number of aryl methyl sites for hydroxylation is 1. The maximum Gasteiger partial charge on any atom is 0.346 e. The van der Waals surface area contributed by atoms with Crippen molar-refractivity contribution in [3.63, 3.8) is 0 Å². The summed E-state index contributed by atoms with van der Waals surface area (Å²) in [6.07, 6.45) is 0. The minimum Gasteiger partial charge on any atom is -0.477 e. The van der Waals surface area contributed by atoms with Crippen LogP contribution in [-0.2, 0) is 10.0 Å². The van der Waals surface area contributed by atoms with Crippen LogP contribution >= 0.6 is 11.3 Å². The summed E-state index contributed by atoms with van der Waals surface area (Å²) in [6.45, 7) is 4.24. The third kappa shape index (κ3) is 3.29. The van der Waals surface area contributed by atoms with E-state index in [0.717, 1.165) is 0 Å². The molecule has 1 heterocycles. The number of carbonyl (C=O) groups is 1. The average molecular weight is 293 g/mol. The number of thiophene rings is 1. The summed E-state index contributed by atoms with van der Waals surface area (Å²) in [6, 6.07) is 1.31. The molecule has 8 heteroatoms. The quantitative estimate of drug-likeness (QED) is 0.745. The molecule has 0 spiro atoms. The van der Waals surface area contributed by atoms with Gasteiger partial charge in [-0.1, -0.05) is 0 Å². The van der Waals surface area contributed by atoms with Crippen LogP contribution in [0.2, 0.25) is 0 Å². The summed E-state index contributed by atoms with van der Waals surface area (Å²) in [5, 5.41) is 17.9. The zero-order valence-corrected chi connectivity index (χ0v) is 11.9. The Bertz CT molecular complexity index is 559. The molecule has 1 aromatic heterocycles. The lowest BCUT2D eigenvalue weighted by Gasteiger charge is -2.22. The molecule has 0 atom stereocenters. The molecule has 0 radical (unpaired) electrons. The summed E-state index contributed by atoms with van der Waals surface area (Å²) in [5.41, 5.74) is -0.602. The molecule has 0 bridgehead atoms. The predicted molar refractivity (Wildman–Crippen MR) is 67.5 cm³/mol. The molecule has 0 saturated carbocycles. The van der Waals surface area contributed by atoms with E-state index >= 15 is 0 Å². The summed E-state index contributed by atoms with van der Waals surface area (Å²) < 4.78 is 26.2. The van der Waals surface area contributed by atoms with Crippen molar-refractivity contribution in [3.8, 4) is 0 Å². The first kappa shape index (κ1) is 15.1. The Labute approximate surface area is 109 Å². The molecule has 6 nitrogen and oxygen atoms in total. The number of carboxylic acids is 1. The van der Waals surface area contributed by atoms with E-state index in [9.17, 15) is 13.2 Å². The van der Waals surface area contributed by atoms with Crippen molar-refractivity contribution < 1.29 is 23.4 Å². The number of aromatic carboxylic acids is 1. The van der Waals surface area contributed by atoms with Gasteiger partial charge in [-0.3, -0.25) is 0 Å². The van der Waals surface area contributed by atoms with Crippen LogP contribution in [0.4, 0.5) is 0 Å². The van der Waals surface area contributed by atoms with E-state index in [1.165, 1.54) is 26.8 Å². The monoisotopic (exact) mass is 293 g/mol. The minimum atomic E-state index is -3.82. The van der Waals surface area contributed by atoms with Gasteiger partial charge in [0.15, 0.2) is 0 Å². The summed E-state index contributed by atoms with van der Waals surface area (Å²) in [7, 11) is -3.82. The first-order valence-electron chi connectivity index (χ1n) is 5.07. The van der Waals surface area contributed by atoms with Crippen LogP contribution in [0.5, 0.6) is 0 Å². The van der Waals surface area contributed by atoms with Crippen LogP contribution in [0.15, 0.2) is 10.3 Å². The van der Waals surface area contributed by atoms with Gasteiger partial charge in [-0.05, 0) is 32.4 Å². The SMILES string of the molecule is Cc1cc(S(=O)(=O)NC(C)(C)CO)sc1C(=O)O. The number of aliphatic hydroxyl groups is 1. The third-order valence-corrected chi connectivity index (χ3v) is 5.56. The third-order valence-electron chi connectivity index (χ3n) is 2.16. The molecule has 0 fully saturated rings. The lowest BCUT2D eigenvalue weighted by atomic mass is 10.1. The highest BCUT2D eigenvalue weighted by Gasteiger charge is 2.28. The molecule has 18 heavy (non-hydrogen) atoms. The van der Waals surface area contributed by atoms with Crippen molar-refractivity contribution in [2.45, 2.75) is 30.5 Å². The van der Waals surface area contributed by atoms with Gasteiger partial charge in [-0.25, -0.2) is 17.9 Å². The molecule has 102 valence electrons. The van der Waals surface area contributed by atoms with Gasteiger partial charge < -0.3 is 10.2 Å². The van der Waals surface area contributed by atoms with Crippen molar-refractivity contribution >= 4 is 27.3 Å². The van der Waals surface area contributed by atoms with Crippen molar-refractivity contribution in [1.82, 2.24) is 4.72 Å². The minimum absolute atomic E-state index is 0.00261. The molecular formula is C10H15NO5S2. The molecule has 1 aromatic rings. The molecule has 0 aliphatic rings. The number of rotatable bonds is 5. The zero-order valence-electron chi connectivity index (χ0n) is 10.2. The van der Waals surface area contributed by atoms with Gasteiger partial charge in [0, 0.05) is 0 Å². The fourth-order valence-corrected chi connectivity index (χ4v) is 4.03. The van der Waals surface area contributed by atoms with E-state index in [1.54, 1.807) is 0 Å². The molecule has 1 rings (SSSR count). The lowest BCUT2D eigenvalue weighted by Crippen LogP contribution is -2.45. The van der Waals surface area contributed by atoms with Gasteiger partial charge in [0.05, 0.1) is 12.1 Å². The Kier molecular flexibility index (Phi) is 4.16. The van der Waals surface area contributed by atoms with E-state index < -0.39 is 21.5 Å². The normalized spacial score (nSPS) is 12.7. The second kappa shape index (κ2) is 4.96. The van der Waals surface area contributed by atoms with Gasteiger partial charge in [-0.2, -0.15) is 0 Å². The van der Waals surface area contributed by atoms with Crippen LogP contribution in [0, 0.1) is 6.92 Å². The van der Waals surface area contributed by atoms with E-state index in [0.29, 0.717) is 16.9 Å². The Morgan fingerprint density at radius 1 is 1.50 bits per heavy atom. The van der Waals surface area contributed by atoms with Crippen LogP contribution < -0.4 is 4.72 Å². The average Bonchev–Trinajstić information content (AvgIpc) is 2.59. The molecule has 0 aliphatic heterocycles. The Morgan fingerprint density at radius 3 is 2.44 bits per heavy atom. The van der Waals surface area contributed by atoms with Gasteiger partial charge in [0.1, 0.15) is 9.09 Å². The van der Waals surface area contributed by atoms with E-state index in [2.05, 4.69) is 4.72 Å². The highest BCUT2D eigenvalue weighted by Crippen LogP contribution is 2.26. The predicted octanol–water partition coefficient (Wildman–Crippen LogP) is 0.804. The number of sulfonamides is 1. The molecule has 0 unspecified atom stereocenters. The second-order valence-corrected chi connectivity index (χ2v) is 7.49. The number of nitrogens with one attached hydrogen (secondary N) is 1. The largest absolute Gasteiger partial charge is 0.477 e. The van der Waals surface area contributed by atoms with Gasteiger partial charge in [0.2, 0.25) is 0 Å². The van der Waals surface area contributed by atoms with Crippen molar-refractivity contribution in [2.24, 2.45) is 0 Å². The maximum atomic E-state index is 12.0. The first-order chi connectivity index (χ1) is 8.09. The highest BCUT2D eigenvalue weighted by molar-refractivity contribution is 7.91. The fraction of sp³-hybridized carbons (Fsp3) is 0.500. The van der Waals surface area contributed by atoms with Crippen molar-refractivity contribution in [1.29, 1.82) is 0 Å². The number of aliphatic hydroxyl groups excluding tert-OH is 1. The molecule has 0 amide bonds. The van der Waals surface area contributed by atoms with Crippen LogP contribution in [0.25, 0.3) is 0 Å². The fourth-order valence-electron chi connectivity index (χ4n) is 1.24. The van der Waals surface area contributed by atoms with Crippen molar-refractivity contribution in [2.75, 3.05) is 6.61 Å². The molecule has 0 saturated heterocycles. The van der Waals surface area contributed by atoms with E-state index in [-0.39, 0.29) is 15.7 Å². The Hall–Kier alpha value is -0.960. The number of hydrogen-bond acceptors (Lipinski definition) is 5. The zero-order chi connectivity index (χ0) is 14.1. The summed E-state index contributed by atoms with van der Waals surface area (Å²) in [4.78, 5) is 10.9. The van der Waals surface area contributed by atoms with Crippen LogP contribution in [-0.4, -0.2) is 36.7 Å². The summed E-state index contributed by atoms with van der Waals surface area (Å²) in [5.74, 6) is -1.15.